The minimum Gasteiger partial charge on any atom is -0.369 e. The maximum Gasteiger partial charge on any atom is 0.201 e. The van der Waals surface area contributed by atoms with Crippen LogP contribution in [0.5, 0.6) is 0 Å². The Balaban J connectivity index is 2.17. The van der Waals surface area contributed by atoms with Crippen molar-refractivity contribution in [2.75, 3.05) is 5.73 Å². The van der Waals surface area contributed by atoms with Gasteiger partial charge in [0.1, 0.15) is 11.6 Å². The van der Waals surface area contributed by atoms with Crippen molar-refractivity contribution < 1.29 is 0 Å². The Labute approximate surface area is 113 Å². The van der Waals surface area contributed by atoms with Crippen LogP contribution in [0.2, 0.25) is 0 Å². The van der Waals surface area contributed by atoms with Crippen LogP contribution in [0.1, 0.15) is 16.1 Å². The van der Waals surface area contributed by atoms with E-state index in [2.05, 4.69) is 16.0 Å². The van der Waals surface area contributed by atoms with Gasteiger partial charge in [0, 0.05) is 4.88 Å². The van der Waals surface area contributed by atoms with Crippen LogP contribution < -0.4 is 5.73 Å². The van der Waals surface area contributed by atoms with Crippen molar-refractivity contribution in [3.05, 3.63) is 39.8 Å². The molecule has 0 radical (unpaired) electrons. The van der Waals surface area contributed by atoms with Gasteiger partial charge in [0.15, 0.2) is 0 Å². The summed E-state index contributed by atoms with van der Waals surface area (Å²) in [7, 11) is 0. The zero-order valence-corrected chi connectivity index (χ0v) is 11.1. The van der Waals surface area contributed by atoms with E-state index in [-0.39, 0.29) is 0 Å². The van der Waals surface area contributed by atoms with Crippen LogP contribution >= 0.6 is 11.3 Å². The average Bonchev–Trinajstić information content (AvgIpc) is 2.95. The van der Waals surface area contributed by atoms with Crippen LogP contribution in [0.15, 0.2) is 23.7 Å². The van der Waals surface area contributed by atoms with E-state index in [4.69, 9.17) is 11.0 Å². The number of benzene rings is 1. The summed E-state index contributed by atoms with van der Waals surface area (Å²) >= 11 is 1.59. The number of fused-ring (bicyclic) bond motifs is 1. The summed E-state index contributed by atoms with van der Waals surface area (Å²) in [6, 6.07) is 7.66. The summed E-state index contributed by atoms with van der Waals surface area (Å²) in [5.41, 5.74) is 10.9. The van der Waals surface area contributed by atoms with Crippen LogP contribution in [-0.4, -0.2) is 14.5 Å². The fourth-order valence-corrected chi connectivity index (χ4v) is 2.81. The lowest BCUT2D eigenvalue weighted by atomic mass is 10.2. The Hall–Kier alpha value is -2.39. The van der Waals surface area contributed by atoms with Gasteiger partial charge >= 0.3 is 0 Å². The van der Waals surface area contributed by atoms with Crippen molar-refractivity contribution >= 4 is 28.3 Å². The molecule has 0 aliphatic carbocycles. The van der Waals surface area contributed by atoms with Gasteiger partial charge in [0.05, 0.1) is 28.8 Å². The molecule has 0 atom stereocenters. The van der Waals surface area contributed by atoms with E-state index in [1.165, 1.54) is 0 Å². The highest BCUT2D eigenvalue weighted by molar-refractivity contribution is 7.09. The molecular weight excluding hydrogens is 258 g/mol. The Morgan fingerprint density at radius 1 is 1.47 bits per heavy atom. The Morgan fingerprint density at radius 2 is 2.32 bits per heavy atom. The zero-order valence-electron chi connectivity index (χ0n) is 10.3. The fourth-order valence-electron chi connectivity index (χ4n) is 2.04. The number of nitriles is 1. The van der Waals surface area contributed by atoms with E-state index in [0.717, 1.165) is 16.1 Å². The molecule has 2 N–H and O–H groups in total. The molecule has 5 nitrogen and oxygen atoms in total. The van der Waals surface area contributed by atoms with Crippen molar-refractivity contribution in [3.63, 3.8) is 0 Å². The van der Waals surface area contributed by atoms with Crippen LogP contribution in [0.25, 0.3) is 11.0 Å². The number of hydrogen-bond acceptors (Lipinski definition) is 5. The minimum absolute atomic E-state index is 0.422. The standard InChI is InChI=1S/C13H11N5S/c1-8-11(19-7-16-8)6-18-10-4-2-3-9(5-14)12(10)17-13(18)15/h2-4,7H,6H2,1H3,(H2,15,17). The average molecular weight is 269 g/mol. The highest BCUT2D eigenvalue weighted by Gasteiger charge is 2.13. The highest BCUT2D eigenvalue weighted by atomic mass is 32.1. The second-order valence-corrected chi connectivity index (χ2v) is 5.14. The van der Waals surface area contributed by atoms with E-state index in [9.17, 15) is 0 Å². The van der Waals surface area contributed by atoms with E-state index < -0.39 is 0 Å². The van der Waals surface area contributed by atoms with Crippen LogP contribution in [0.4, 0.5) is 5.95 Å². The third-order valence-electron chi connectivity index (χ3n) is 3.08. The van der Waals surface area contributed by atoms with Crippen LogP contribution in [0.3, 0.4) is 0 Å². The van der Waals surface area contributed by atoms with Gasteiger partial charge in [0.25, 0.3) is 0 Å². The summed E-state index contributed by atoms with van der Waals surface area (Å²) in [6.07, 6.45) is 0. The summed E-state index contributed by atoms with van der Waals surface area (Å²) < 4.78 is 1.91. The fraction of sp³-hybridized carbons (Fsp3) is 0.154. The number of nitrogens with two attached hydrogens (primary N) is 1. The number of thiazole rings is 1. The Kier molecular flexibility index (Phi) is 2.69. The first-order chi connectivity index (χ1) is 9.20. The molecule has 0 saturated carbocycles. The third-order valence-corrected chi connectivity index (χ3v) is 4.00. The molecule has 3 rings (SSSR count). The largest absolute Gasteiger partial charge is 0.369 e. The number of rotatable bonds is 2. The predicted molar refractivity (Wildman–Crippen MR) is 74.8 cm³/mol. The number of nitrogens with zero attached hydrogens (tertiary/aromatic N) is 4. The van der Waals surface area contributed by atoms with Gasteiger partial charge in [-0.25, -0.2) is 9.97 Å². The highest BCUT2D eigenvalue weighted by Crippen LogP contribution is 2.24. The van der Waals surface area contributed by atoms with Crippen molar-refractivity contribution in [2.45, 2.75) is 13.5 Å². The van der Waals surface area contributed by atoms with Crippen LogP contribution in [-0.2, 0) is 6.54 Å². The van der Waals surface area contributed by atoms with Crippen molar-refractivity contribution in [3.8, 4) is 6.07 Å². The monoisotopic (exact) mass is 269 g/mol. The molecule has 19 heavy (non-hydrogen) atoms. The van der Waals surface area contributed by atoms with Crippen molar-refractivity contribution in [1.29, 1.82) is 5.26 Å². The number of hydrogen-bond donors (Lipinski definition) is 1. The molecule has 0 bridgehead atoms. The SMILES string of the molecule is Cc1ncsc1Cn1c(N)nc2c(C#N)cccc21. The van der Waals surface area contributed by atoms with E-state index in [0.29, 0.717) is 23.6 Å². The first-order valence-corrected chi connectivity index (χ1v) is 6.62. The van der Waals surface area contributed by atoms with Gasteiger partial charge < -0.3 is 10.3 Å². The molecule has 0 unspecified atom stereocenters. The number of anilines is 1. The molecule has 0 saturated heterocycles. The first-order valence-electron chi connectivity index (χ1n) is 5.74. The number of aromatic nitrogens is 3. The Bertz CT molecular complexity index is 793. The lowest BCUT2D eigenvalue weighted by Crippen LogP contribution is -2.04. The van der Waals surface area contributed by atoms with Gasteiger partial charge in [-0.3, -0.25) is 0 Å². The molecule has 0 spiro atoms. The van der Waals surface area contributed by atoms with Gasteiger partial charge in [0.2, 0.25) is 5.95 Å². The first kappa shape index (κ1) is 11.7. The van der Waals surface area contributed by atoms with Crippen molar-refractivity contribution in [1.82, 2.24) is 14.5 Å². The lowest BCUT2D eigenvalue weighted by Gasteiger charge is -2.05. The summed E-state index contributed by atoms with van der Waals surface area (Å²) in [5, 5.41) is 9.09. The van der Waals surface area contributed by atoms with Gasteiger partial charge in [-0.1, -0.05) is 6.07 Å². The molecule has 1 aromatic carbocycles. The maximum absolute atomic E-state index is 9.09. The van der Waals surface area contributed by atoms with Crippen molar-refractivity contribution in [2.24, 2.45) is 0 Å². The number of para-hydroxylation sites is 1. The summed E-state index contributed by atoms with van der Waals surface area (Å²) in [5.74, 6) is 0.422. The smallest absolute Gasteiger partial charge is 0.201 e. The van der Waals surface area contributed by atoms with Crippen LogP contribution in [0, 0.1) is 18.3 Å². The van der Waals surface area contributed by atoms with E-state index in [1.807, 2.05) is 29.1 Å². The molecular formula is C13H11N5S. The molecule has 0 aliphatic rings. The number of imidazole rings is 1. The molecule has 6 heteroatoms. The lowest BCUT2D eigenvalue weighted by molar-refractivity contribution is 0.843. The molecule has 2 aromatic heterocycles. The maximum atomic E-state index is 9.09. The van der Waals surface area contributed by atoms with E-state index >= 15 is 0 Å². The summed E-state index contributed by atoms with van der Waals surface area (Å²) in [4.78, 5) is 9.68. The molecule has 3 aromatic rings. The minimum atomic E-state index is 0.422. The molecule has 0 amide bonds. The van der Waals surface area contributed by atoms with E-state index in [1.54, 1.807) is 17.4 Å². The van der Waals surface area contributed by atoms with Gasteiger partial charge in [-0.15, -0.1) is 11.3 Å². The molecule has 0 aliphatic heterocycles. The van der Waals surface area contributed by atoms with Gasteiger partial charge in [-0.05, 0) is 19.1 Å². The normalized spacial score (nSPS) is 10.7. The molecule has 2 heterocycles. The zero-order chi connectivity index (χ0) is 13.4. The third kappa shape index (κ3) is 1.84. The molecule has 0 fully saturated rings. The molecule has 94 valence electrons. The second kappa shape index (κ2) is 4.37. The number of nitrogen functional groups attached to an aromatic ring is 1. The number of aryl methyl sites for hydroxylation is 1. The van der Waals surface area contributed by atoms with Gasteiger partial charge in [-0.2, -0.15) is 5.26 Å². The summed E-state index contributed by atoms with van der Waals surface area (Å²) in [6.45, 7) is 2.61. The Morgan fingerprint density at radius 3 is 3.00 bits per heavy atom. The quantitative estimate of drug-likeness (QED) is 0.774. The predicted octanol–water partition coefficient (Wildman–Crippen LogP) is 2.30. The second-order valence-electron chi connectivity index (χ2n) is 4.20. The topological polar surface area (TPSA) is 80.5 Å².